The highest BCUT2D eigenvalue weighted by molar-refractivity contribution is 6.33. The lowest BCUT2D eigenvalue weighted by atomic mass is 9.90. The van der Waals surface area contributed by atoms with E-state index in [0.29, 0.717) is 0 Å². The number of rotatable bonds is 0. The fourth-order valence-corrected chi connectivity index (χ4v) is 1.14. The van der Waals surface area contributed by atoms with E-state index in [2.05, 4.69) is 51.5 Å². The minimum atomic E-state index is 0.113. The highest BCUT2D eigenvalue weighted by Gasteiger charge is 2.29. The SMILES string of the molecule is CC(C)(C)C1=NC(C(C)(C)C)N=C1. The lowest BCUT2D eigenvalue weighted by Crippen LogP contribution is -2.23. The summed E-state index contributed by atoms with van der Waals surface area (Å²) in [6.45, 7) is 13.0. The molecule has 0 aliphatic carbocycles. The van der Waals surface area contributed by atoms with E-state index in [1.165, 1.54) is 0 Å². The molecule has 0 N–H and O–H groups in total. The largest absolute Gasteiger partial charge is 0.264 e. The minimum absolute atomic E-state index is 0.113. The van der Waals surface area contributed by atoms with Crippen LogP contribution in [0.3, 0.4) is 0 Å². The van der Waals surface area contributed by atoms with Gasteiger partial charge in [-0.05, 0) is 0 Å². The van der Waals surface area contributed by atoms with E-state index in [0.717, 1.165) is 5.71 Å². The first-order valence-electron chi connectivity index (χ1n) is 4.83. The second kappa shape index (κ2) is 2.93. The normalized spacial score (nSPS) is 23.5. The molecular formula is C11H20N2. The van der Waals surface area contributed by atoms with Crippen molar-refractivity contribution in [1.29, 1.82) is 0 Å². The average molecular weight is 180 g/mol. The van der Waals surface area contributed by atoms with Gasteiger partial charge in [-0.3, -0.25) is 9.98 Å². The van der Waals surface area contributed by atoms with Gasteiger partial charge in [0, 0.05) is 17.0 Å². The van der Waals surface area contributed by atoms with E-state index in [1.54, 1.807) is 0 Å². The first kappa shape index (κ1) is 10.4. The van der Waals surface area contributed by atoms with E-state index < -0.39 is 0 Å². The molecule has 0 amide bonds. The monoisotopic (exact) mass is 180 g/mol. The molecule has 0 radical (unpaired) electrons. The molecule has 1 unspecified atom stereocenters. The number of nitrogens with zero attached hydrogens (tertiary/aromatic N) is 2. The van der Waals surface area contributed by atoms with Crippen LogP contribution in [0.25, 0.3) is 0 Å². The van der Waals surface area contributed by atoms with Crippen LogP contribution in [0, 0.1) is 10.8 Å². The summed E-state index contributed by atoms with van der Waals surface area (Å²) in [6.07, 6.45) is 2.04. The van der Waals surface area contributed by atoms with E-state index in [9.17, 15) is 0 Å². The smallest absolute Gasteiger partial charge is 0.144 e. The predicted molar refractivity (Wildman–Crippen MR) is 58.6 cm³/mol. The quantitative estimate of drug-likeness (QED) is 0.547. The van der Waals surface area contributed by atoms with Gasteiger partial charge in [-0.15, -0.1) is 0 Å². The van der Waals surface area contributed by atoms with Crippen LogP contribution in [-0.2, 0) is 0 Å². The molecule has 2 heteroatoms. The van der Waals surface area contributed by atoms with Crippen molar-refractivity contribution in [1.82, 2.24) is 0 Å². The van der Waals surface area contributed by atoms with E-state index >= 15 is 0 Å². The third-order valence-corrected chi connectivity index (χ3v) is 2.14. The Morgan fingerprint density at radius 3 is 1.85 bits per heavy atom. The van der Waals surface area contributed by atoms with Crippen LogP contribution >= 0.6 is 0 Å². The Bertz CT molecular complexity index is 248. The van der Waals surface area contributed by atoms with Crippen molar-refractivity contribution in [2.75, 3.05) is 0 Å². The molecule has 0 aromatic carbocycles. The molecule has 0 spiro atoms. The summed E-state index contributed by atoms with van der Waals surface area (Å²) in [7, 11) is 0. The Morgan fingerprint density at radius 2 is 1.62 bits per heavy atom. The zero-order valence-electron chi connectivity index (χ0n) is 9.55. The van der Waals surface area contributed by atoms with Gasteiger partial charge in [0.1, 0.15) is 6.17 Å². The van der Waals surface area contributed by atoms with Crippen molar-refractivity contribution >= 4 is 11.9 Å². The molecule has 74 valence electrons. The second-order valence-corrected chi connectivity index (χ2v) is 5.78. The molecule has 1 rings (SSSR count). The van der Waals surface area contributed by atoms with Crippen LogP contribution in [0.5, 0.6) is 0 Å². The van der Waals surface area contributed by atoms with Crippen molar-refractivity contribution in [3.05, 3.63) is 0 Å². The molecule has 2 nitrogen and oxygen atoms in total. The first-order valence-corrected chi connectivity index (χ1v) is 4.83. The minimum Gasteiger partial charge on any atom is -0.264 e. The zero-order chi connectivity index (χ0) is 10.3. The van der Waals surface area contributed by atoms with Gasteiger partial charge in [-0.1, -0.05) is 41.5 Å². The van der Waals surface area contributed by atoms with Crippen LogP contribution in [0.2, 0.25) is 0 Å². The molecule has 1 heterocycles. The van der Waals surface area contributed by atoms with E-state index in [1.807, 2.05) is 6.21 Å². The summed E-state index contributed by atoms with van der Waals surface area (Å²) < 4.78 is 0. The fraction of sp³-hybridized carbons (Fsp3) is 0.818. The van der Waals surface area contributed by atoms with Crippen molar-refractivity contribution in [3.63, 3.8) is 0 Å². The maximum atomic E-state index is 4.62. The maximum Gasteiger partial charge on any atom is 0.144 e. The van der Waals surface area contributed by atoms with Crippen molar-refractivity contribution < 1.29 is 0 Å². The number of hydrogen-bond acceptors (Lipinski definition) is 2. The van der Waals surface area contributed by atoms with Crippen LogP contribution < -0.4 is 0 Å². The van der Waals surface area contributed by atoms with Gasteiger partial charge in [-0.25, -0.2) is 0 Å². The molecule has 13 heavy (non-hydrogen) atoms. The number of hydrogen-bond donors (Lipinski definition) is 0. The summed E-state index contributed by atoms with van der Waals surface area (Å²) in [4.78, 5) is 9.05. The Kier molecular flexibility index (Phi) is 2.35. The molecule has 0 aromatic rings. The molecule has 0 fully saturated rings. The summed E-state index contributed by atoms with van der Waals surface area (Å²) in [5.41, 5.74) is 1.39. The van der Waals surface area contributed by atoms with Gasteiger partial charge in [0.25, 0.3) is 0 Å². The lowest BCUT2D eigenvalue weighted by Gasteiger charge is -2.22. The molecule has 1 aliphatic rings. The average Bonchev–Trinajstić information content (AvgIpc) is 2.28. The van der Waals surface area contributed by atoms with Gasteiger partial charge >= 0.3 is 0 Å². The Balaban J connectivity index is 2.84. The van der Waals surface area contributed by atoms with Gasteiger partial charge in [0.15, 0.2) is 0 Å². The van der Waals surface area contributed by atoms with Gasteiger partial charge in [0.2, 0.25) is 0 Å². The maximum absolute atomic E-state index is 4.62. The molecule has 0 aromatic heterocycles. The second-order valence-electron chi connectivity index (χ2n) is 5.78. The molecular weight excluding hydrogens is 160 g/mol. The predicted octanol–water partition coefficient (Wildman–Crippen LogP) is 2.93. The van der Waals surface area contributed by atoms with Gasteiger partial charge < -0.3 is 0 Å². The van der Waals surface area contributed by atoms with Crippen molar-refractivity contribution in [2.45, 2.75) is 47.7 Å². The van der Waals surface area contributed by atoms with E-state index in [4.69, 9.17) is 0 Å². The van der Waals surface area contributed by atoms with Crippen molar-refractivity contribution in [2.24, 2.45) is 20.8 Å². The van der Waals surface area contributed by atoms with Crippen LogP contribution in [0.15, 0.2) is 9.98 Å². The third-order valence-electron chi connectivity index (χ3n) is 2.14. The Labute approximate surface area is 81.2 Å². The Morgan fingerprint density at radius 1 is 1.08 bits per heavy atom. The van der Waals surface area contributed by atoms with Crippen molar-refractivity contribution in [3.8, 4) is 0 Å². The summed E-state index contributed by atoms with van der Waals surface area (Å²) in [5.74, 6) is 0. The summed E-state index contributed by atoms with van der Waals surface area (Å²) in [6, 6.07) is 0. The van der Waals surface area contributed by atoms with Crippen LogP contribution in [0.4, 0.5) is 0 Å². The molecule has 1 atom stereocenters. The fourth-order valence-electron chi connectivity index (χ4n) is 1.14. The molecule has 0 saturated carbocycles. The van der Waals surface area contributed by atoms with Gasteiger partial charge in [-0.2, -0.15) is 0 Å². The zero-order valence-corrected chi connectivity index (χ0v) is 9.55. The topological polar surface area (TPSA) is 24.7 Å². The van der Waals surface area contributed by atoms with Crippen LogP contribution in [0.1, 0.15) is 41.5 Å². The first-order chi connectivity index (χ1) is 5.71. The van der Waals surface area contributed by atoms with Crippen LogP contribution in [-0.4, -0.2) is 18.1 Å². The standard InChI is InChI=1S/C11H20N2/c1-10(2,3)8-7-12-9(13-8)11(4,5)6/h7,9H,1-6H3. The van der Waals surface area contributed by atoms with E-state index in [-0.39, 0.29) is 17.0 Å². The summed E-state index contributed by atoms with van der Waals surface area (Å²) >= 11 is 0. The highest BCUT2D eigenvalue weighted by Crippen LogP contribution is 2.28. The summed E-state index contributed by atoms with van der Waals surface area (Å²) in [5, 5.41) is 0. The molecule has 0 saturated heterocycles. The third kappa shape index (κ3) is 2.39. The Hall–Kier alpha value is -0.660. The number of aliphatic imine (C=N–C) groups is 2. The van der Waals surface area contributed by atoms with Gasteiger partial charge in [0.05, 0.1) is 5.71 Å². The lowest BCUT2D eigenvalue weighted by molar-refractivity contribution is 0.334. The molecule has 1 aliphatic heterocycles. The molecule has 0 bridgehead atoms. The highest BCUT2D eigenvalue weighted by atomic mass is 15.1.